The van der Waals surface area contributed by atoms with Crippen LogP contribution >= 0.6 is 0 Å². The van der Waals surface area contributed by atoms with Crippen molar-refractivity contribution in [1.29, 1.82) is 0 Å². The summed E-state index contributed by atoms with van der Waals surface area (Å²) < 4.78 is 0. The zero-order valence-electron chi connectivity index (χ0n) is 5.71. The van der Waals surface area contributed by atoms with Crippen LogP contribution in [0.2, 0.25) is 0 Å². The van der Waals surface area contributed by atoms with Gasteiger partial charge in [0.05, 0.1) is 6.10 Å². The third-order valence-corrected chi connectivity index (χ3v) is 2.74. The molecule has 0 aromatic carbocycles. The van der Waals surface area contributed by atoms with Gasteiger partial charge in [-0.25, -0.2) is 0 Å². The van der Waals surface area contributed by atoms with E-state index in [4.69, 9.17) is 0 Å². The Hall–Kier alpha value is -0.0400. The van der Waals surface area contributed by atoms with Gasteiger partial charge in [0.15, 0.2) is 0 Å². The van der Waals surface area contributed by atoms with Crippen molar-refractivity contribution in [2.45, 2.75) is 38.2 Å². The first kappa shape index (κ1) is 5.72. The van der Waals surface area contributed by atoms with E-state index in [0.717, 1.165) is 0 Å². The van der Waals surface area contributed by atoms with Crippen molar-refractivity contribution < 1.29 is 5.11 Å². The van der Waals surface area contributed by atoms with Crippen LogP contribution in [-0.4, -0.2) is 11.2 Å². The van der Waals surface area contributed by atoms with Crippen LogP contribution in [-0.2, 0) is 0 Å². The second-order valence-electron chi connectivity index (χ2n) is 3.52. The lowest BCUT2D eigenvalue weighted by molar-refractivity contribution is 0.0451. The molecule has 0 saturated heterocycles. The highest BCUT2D eigenvalue weighted by Crippen LogP contribution is 2.41. The summed E-state index contributed by atoms with van der Waals surface area (Å²) in [4.78, 5) is 0. The first-order chi connectivity index (χ1) is 4.38. The van der Waals surface area contributed by atoms with Crippen LogP contribution in [0, 0.1) is 11.8 Å². The molecular formula is C8H14O. The van der Waals surface area contributed by atoms with Crippen molar-refractivity contribution in [2.24, 2.45) is 11.8 Å². The average Bonchev–Trinajstić information content (AvgIpc) is 2.37. The minimum atomic E-state index is 0.0822. The highest BCUT2D eigenvalue weighted by molar-refractivity contribution is 4.88. The smallest absolute Gasteiger partial charge is 0.0596 e. The molecule has 2 aliphatic carbocycles. The molecule has 9 heavy (non-hydrogen) atoms. The fourth-order valence-corrected chi connectivity index (χ4v) is 1.60. The van der Waals surface area contributed by atoms with Crippen LogP contribution in [0.15, 0.2) is 0 Å². The van der Waals surface area contributed by atoms with Crippen molar-refractivity contribution in [1.82, 2.24) is 0 Å². The van der Waals surface area contributed by atoms with Crippen molar-refractivity contribution >= 4 is 0 Å². The third-order valence-electron chi connectivity index (χ3n) is 2.74. The van der Waals surface area contributed by atoms with Gasteiger partial charge in [-0.15, -0.1) is 0 Å². The summed E-state index contributed by atoms with van der Waals surface area (Å²) in [6, 6.07) is 0. The molecule has 1 atom stereocenters. The molecule has 0 radical (unpaired) electrons. The Kier molecular flexibility index (Phi) is 1.26. The largest absolute Gasteiger partial charge is 0.393 e. The molecule has 0 aromatic rings. The van der Waals surface area contributed by atoms with Gasteiger partial charge >= 0.3 is 0 Å². The van der Waals surface area contributed by atoms with Crippen LogP contribution in [0.5, 0.6) is 0 Å². The molecule has 2 fully saturated rings. The maximum Gasteiger partial charge on any atom is 0.0596 e. The second kappa shape index (κ2) is 1.98. The molecule has 52 valence electrons. The molecule has 2 aliphatic rings. The molecule has 0 bridgehead atoms. The summed E-state index contributed by atoms with van der Waals surface area (Å²) in [5, 5.41) is 9.51. The van der Waals surface area contributed by atoms with Gasteiger partial charge in [0.2, 0.25) is 0 Å². The Balaban J connectivity index is 1.81. The number of hydrogen-bond acceptors (Lipinski definition) is 1. The van der Waals surface area contributed by atoms with Gasteiger partial charge in [0, 0.05) is 0 Å². The van der Waals surface area contributed by atoms with Crippen LogP contribution in [0.4, 0.5) is 0 Å². The Labute approximate surface area is 56.1 Å². The average molecular weight is 126 g/mol. The van der Waals surface area contributed by atoms with E-state index in [1.54, 1.807) is 0 Å². The van der Waals surface area contributed by atoms with E-state index in [2.05, 4.69) is 0 Å². The van der Waals surface area contributed by atoms with Crippen LogP contribution < -0.4 is 0 Å². The lowest BCUT2D eigenvalue weighted by atomic mass is 9.79. The highest BCUT2D eigenvalue weighted by Gasteiger charge is 2.37. The van der Waals surface area contributed by atoms with Gasteiger partial charge in [0.25, 0.3) is 0 Å². The quantitative estimate of drug-likeness (QED) is 0.595. The normalized spacial score (nSPS) is 31.7. The molecule has 2 saturated carbocycles. The minimum Gasteiger partial charge on any atom is -0.393 e. The van der Waals surface area contributed by atoms with E-state index in [1.165, 1.54) is 32.1 Å². The van der Waals surface area contributed by atoms with E-state index in [-0.39, 0.29) is 6.10 Å². The highest BCUT2D eigenvalue weighted by atomic mass is 16.3. The van der Waals surface area contributed by atoms with E-state index >= 15 is 0 Å². The molecule has 0 amide bonds. The van der Waals surface area contributed by atoms with E-state index in [9.17, 15) is 5.11 Å². The molecule has 0 aromatic heterocycles. The summed E-state index contributed by atoms with van der Waals surface area (Å²) >= 11 is 0. The van der Waals surface area contributed by atoms with Crippen molar-refractivity contribution in [3.05, 3.63) is 0 Å². The van der Waals surface area contributed by atoms with Gasteiger partial charge in [0.1, 0.15) is 0 Å². The third kappa shape index (κ3) is 0.983. The fourth-order valence-electron chi connectivity index (χ4n) is 1.60. The summed E-state index contributed by atoms with van der Waals surface area (Å²) in [6.07, 6.45) is 6.60. The minimum absolute atomic E-state index is 0.0822. The van der Waals surface area contributed by atoms with Crippen molar-refractivity contribution in [3.8, 4) is 0 Å². The predicted molar refractivity (Wildman–Crippen MR) is 36.1 cm³/mol. The summed E-state index contributed by atoms with van der Waals surface area (Å²) in [7, 11) is 0. The Morgan fingerprint density at radius 3 is 1.89 bits per heavy atom. The maximum atomic E-state index is 9.51. The van der Waals surface area contributed by atoms with Gasteiger partial charge < -0.3 is 5.11 Å². The molecule has 1 N–H and O–H groups in total. The second-order valence-corrected chi connectivity index (χ2v) is 3.52. The van der Waals surface area contributed by atoms with Crippen molar-refractivity contribution in [3.63, 3.8) is 0 Å². The number of hydrogen-bond donors (Lipinski definition) is 1. The molecule has 0 heterocycles. The number of rotatable bonds is 2. The lowest BCUT2D eigenvalue weighted by Gasteiger charge is -2.30. The van der Waals surface area contributed by atoms with E-state index in [1.807, 2.05) is 0 Å². The standard InChI is InChI=1S/C8H14O/c9-8(7-4-5-7)6-2-1-3-6/h6-9H,1-5H2. The summed E-state index contributed by atoms with van der Waals surface area (Å²) in [6.45, 7) is 0. The van der Waals surface area contributed by atoms with Crippen LogP contribution in [0.25, 0.3) is 0 Å². The molecule has 1 nitrogen and oxygen atoms in total. The SMILES string of the molecule is OC(C1CCC1)C1CC1. The molecular weight excluding hydrogens is 112 g/mol. The zero-order valence-corrected chi connectivity index (χ0v) is 5.71. The Morgan fingerprint density at radius 2 is 1.56 bits per heavy atom. The summed E-state index contributed by atoms with van der Waals surface area (Å²) in [5.74, 6) is 1.40. The zero-order chi connectivity index (χ0) is 6.27. The van der Waals surface area contributed by atoms with Crippen molar-refractivity contribution in [2.75, 3.05) is 0 Å². The van der Waals surface area contributed by atoms with E-state index in [0.29, 0.717) is 11.8 Å². The first-order valence-corrected chi connectivity index (χ1v) is 4.06. The number of aliphatic hydroxyl groups excluding tert-OH is 1. The van der Waals surface area contributed by atoms with Gasteiger partial charge in [-0.3, -0.25) is 0 Å². The molecule has 0 aliphatic heterocycles. The predicted octanol–water partition coefficient (Wildman–Crippen LogP) is 1.56. The summed E-state index contributed by atoms with van der Waals surface area (Å²) in [5.41, 5.74) is 0. The Bertz CT molecular complexity index is 103. The Morgan fingerprint density at radius 1 is 1.00 bits per heavy atom. The molecule has 1 heteroatoms. The van der Waals surface area contributed by atoms with Gasteiger partial charge in [-0.05, 0) is 37.5 Å². The molecule has 2 rings (SSSR count). The topological polar surface area (TPSA) is 20.2 Å². The van der Waals surface area contributed by atoms with Gasteiger partial charge in [-0.2, -0.15) is 0 Å². The monoisotopic (exact) mass is 126 g/mol. The maximum absolute atomic E-state index is 9.51. The van der Waals surface area contributed by atoms with Gasteiger partial charge in [-0.1, -0.05) is 6.42 Å². The first-order valence-electron chi connectivity index (χ1n) is 4.06. The lowest BCUT2D eigenvalue weighted by Crippen LogP contribution is -2.28. The molecule has 1 unspecified atom stereocenters. The molecule has 0 spiro atoms. The number of aliphatic hydroxyl groups is 1. The van der Waals surface area contributed by atoms with Crippen LogP contribution in [0.3, 0.4) is 0 Å². The van der Waals surface area contributed by atoms with Crippen LogP contribution in [0.1, 0.15) is 32.1 Å². The van der Waals surface area contributed by atoms with E-state index < -0.39 is 0 Å². The fraction of sp³-hybridized carbons (Fsp3) is 1.00.